The fourth-order valence-electron chi connectivity index (χ4n) is 1.19. The average Bonchev–Trinajstić information content (AvgIpc) is 2.85. The maximum absolute atomic E-state index is 10.3. The van der Waals surface area contributed by atoms with E-state index in [0.29, 0.717) is 5.71 Å². The van der Waals surface area contributed by atoms with Crippen molar-refractivity contribution in [3.8, 4) is 0 Å². The molecule has 0 saturated carbocycles. The van der Waals surface area contributed by atoms with Crippen LogP contribution in [0.25, 0.3) is 0 Å². The standard InChI is InChI=1S/C9H8N2O2/c1-6-2-4-7(5-3-6)8-9(10-8)11(12)13/h2-5,9H,1H3. The molecule has 1 unspecified atom stereocenters. The molecule has 0 aliphatic carbocycles. The first kappa shape index (κ1) is 7.91. The first-order valence-electron chi connectivity index (χ1n) is 3.97. The summed E-state index contributed by atoms with van der Waals surface area (Å²) in [5.41, 5.74) is 2.58. The maximum atomic E-state index is 10.3. The van der Waals surface area contributed by atoms with E-state index < -0.39 is 6.17 Å². The minimum Gasteiger partial charge on any atom is -0.262 e. The number of aliphatic imine (C=N–C) groups is 1. The van der Waals surface area contributed by atoms with Gasteiger partial charge in [0.25, 0.3) is 0 Å². The molecule has 0 radical (unpaired) electrons. The second-order valence-corrected chi connectivity index (χ2v) is 3.04. The van der Waals surface area contributed by atoms with Crippen molar-refractivity contribution in [2.45, 2.75) is 13.1 Å². The maximum Gasteiger partial charge on any atom is 0.347 e. The molecule has 13 heavy (non-hydrogen) atoms. The van der Waals surface area contributed by atoms with E-state index in [-0.39, 0.29) is 4.92 Å². The molecule has 0 N–H and O–H groups in total. The topological polar surface area (TPSA) is 55.5 Å². The van der Waals surface area contributed by atoms with Crippen molar-refractivity contribution in [1.82, 2.24) is 0 Å². The molecule has 4 nitrogen and oxygen atoms in total. The molecule has 1 aromatic rings. The van der Waals surface area contributed by atoms with Gasteiger partial charge in [0.1, 0.15) is 5.71 Å². The highest BCUT2D eigenvalue weighted by atomic mass is 16.6. The van der Waals surface area contributed by atoms with Crippen LogP contribution in [-0.4, -0.2) is 16.8 Å². The van der Waals surface area contributed by atoms with Gasteiger partial charge in [0, 0.05) is 5.56 Å². The Kier molecular flexibility index (Phi) is 1.62. The van der Waals surface area contributed by atoms with Gasteiger partial charge in [-0.1, -0.05) is 29.8 Å². The second kappa shape index (κ2) is 2.65. The Balaban J connectivity index is 2.17. The summed E-state index contributed by atoms with van der Waals surface area (Å²) in [7, 11) is 0. The molecule has 0 amide bonds. The Labute approximate surface area is 75.1 Å². The number of hydrogen-bond donors (Lipinski definition) is 0. The Morgan fingerprint density at radius 3 is 2.46 bits per heavy atom. The Morgan fingerprint density at radius 2 is 2.00 bits per heavy atom. The van der Waals surface area contributed by atoms with E-state index in [2.05, 4.69) is 4.99 Å². The zero-order valence-electron chi connectivity index (χ0n) is 7.10. The summed E-state index contributed by atoms with van der Waals surface area (Å²) < 4.78 is 0. The van der Waals surface area contributed by atoms with Gasteiger partial charge in [-0.2, -0.15) is 0 Å². The van der Waals surface area contributed by atoms with E-state index in [0.717, 1.165) is 11.1 Å². The third-order valence-electron chi connectivity index (χ3n) is 1.99. The highest BCUT2D eigenvalue weighted by molar-refractivity contribution is 6.12. The zero-order valence-corrected chi connectivity index (χ0v) is 7.10. The van der Waals surface area contributed by atoms with Crippen LogP contribution in [0.3, 0.4) is 0 Å². The lowest BCUT2D eigenvalue weighted by molar-refractivity contribution is -0.490. The number of rotatable bonds is 2. The van der Waals surface area contributed by atoms with Crippen LogP contribution in [0, 0.1) is 17.0 Å². The summed E-state index contributed by atoms with van der Waals surface area (Å²) in [6, 6.07) is 7.57. The van der Waals surface area contributed by atoms with Gasteiger partial charge in [0.2, 0.25) is 0 Å². The molecule has 0 bridgehead atoms. The van der Waals surface area contributed by atoms with Crippen molar-refractivity contribution in [2.24, 2.45) is 4.99 Å². The van der Waals surface area contributed by atoms with Crippen LogP contribution in [0.5, 0.6) is 0 Å². The first-order chi connectivity index (χ1) is 6.18. The lowest BCUT2D eigenvalue weighted by atomic mass is 10.1. The smallest absolute Gasteiger partial charge is 0.262 e. The van der Waals surface area contributed by atoms with Gasteiger partial charge >= 0.3 is 6.17 Å². The van der Waals surface area contributed by atoms with E-state index in [1.807, 2.05) is 31.2 Å². The third kappa shape index (κ3) is 1.42. The fourth-order valence-corrected chi connectivity index (χ4v) is 1.19. The van der Waals surface area contributed by atoms with Gasteiger partial charge in [0.15, 0.2) is 0 Å². The van der Waals surface area contributed by atoms with Crippen LogP contribution in [0.15, 0.2) is 29.3 Å². The van der Waals surface area contributed by atoms with Crippen LogP contribution in [0.4, 0.5) is 0 Å². The van der Waals surface area contributed by atoms with Crippen LogP contribution in [0.1, 0.15) is 11.1 Å². The Hall–Kier alpha value is -1.71. The molecule has 1 aliphatic heterocycles. The van der Waals surface area contributed by atoms with Crippen LogP contribution >= 0.6 is 0 Å². The summed E-state index contributed by atoms with van der Waals surface area (Å²) in [5.74, 6) is 0. The zero-order chi connectivity index (χ0) is 9.42. The van der Waals surface area contributed by atoms with Crippen molar-refractivity contribution in [1.29, 1.82) is 0 Å². The molecule has 1 heterocycles. The summed E-state index contributed by atoms with van der Waals surface area (Å²) in [5, 5.41) is 10.3. The molecular weight excluding hydrogens is 168 g/mol. The van der Waals surface area contributed by atoms with Crippen molar-refractivity contribution < 1.29 is 4.92 Å². The van der Waals surface area contributed by atoms with Gasteiger partial charge in [0.05, 0.1) is 4.92 Å². The van der Waals surface area contributed by atoms with E-state index in [1.165, 1.54) is 0 Å². The normalized spacial score (nSPS) is 19.5. The third-order valence-corrected chi connectivity index (χ3v) is 1.99. The van der Waals surface area contributed by atoms with E-state index >= 15 is 0 Å². The van der Waals surface area contributed by atoms with Gasteiger partial charge in [-0.25, -0.2) is 4.99 Å². The predicted molar refractivity (Wildman–Crippen MR) is 48.5 cm³/mol. The molecule has 1 atom stereocenters. The highest BCUT2D eigenvalue weighted by Crippen LogP contribution is 2.20. The molecular formula is C9H8N2O2. The van der Waals surface area contributed by atoms with Crippen LogP contribution < -0.4 is 0 Å². The quantitative estimate of drug-likeness (QED) is 0.505. The monoisotopic (exact) mass is 176 g/mol. The molecule has 0 aromatic heterocycles. The molecule has 1 aromatic carbocycles. The van der Waals surface area contributed by atoms with Crippen LogP contribution in [-0.2, 0) is 0 Å². The van der Waals surface area contributed by atoms with Crippen molar-refractivity contribution in [3.05, 3.63) is 45.5 Å². The van der Waals surface area contributed by atoms with Crippen molar-refractivity contribution in [3.63, 3.8) is 0 Å². The van der Waals surface area contributed by atoms with Gasteiger partial charge in [-0.3, -0.25) is 10.1 Å². The van der Waals surface area contributed by atoms with E-state index in [9.17, 15) is 10.1 Å². The first-order valence-corrected chi connectivity index (χ1v) is 3.97. The minimum atomic E-state index is -0.789. The Bertz CT molecular complexity index is 381. The number of hydrogen-bond acceptors (Lipinski definition) is 3. The highest BCUT2D eigenvalue weighted by Gasteiger charge is 2.40. The SMILES string of the molecule is Cc1ccc(C2=NC2[N+](=O)[O-])cc1. The number of benzene rings is 1. The molecule has 0 fully saturated rings. The Morgan fingerprint density at radius 1 is 1.38 bits per heavy atom. The van der Waals surface area contributed by atoms with Crippen LogP contribution in [0.2, 0.25) is 0 Å². The molecule has 2 rings (SSSR count). The number of nitro groups is 1. The van der Waals surface area contributed by atoms with Crippen molar-refractivity contribution >= 4 is 5.71 Å². The van der Waals surface area contributed by atoms with Gasteiger partial charge < -0.3 is 0 Å². The molecule has 66 valence electrons. The fraction of sp³-hybridized carbons (Fsp3) is 0.222. The summed E-state index contributed by atoms with van der Waals surface area (Å²) in [6.45, 7) is 1.98. The molecule has 0 spiro atoms. The summed E-state index contributed by atoms with van der Waals surface area (Å²) in [4.78, 5) is 13.7. The number of nitrogens with zero attached hydrogens (tertiary/aromatic N) is 2. The minimum absolute atomic E-state index is 0.380. The number of aryl methyl sites for hydroxylation is 1. The summed E-state index contributed by atoms with van der Waals surface area (Å²) >= 11 is 0. The molecule has 0 saturated heterocycles. The molecule has 4 heteroatoms. The largest absolute Gasteiger partial charge is 0.347 e. The lowest BCUT2D eigenvalue weighted by Gasteiger charge is -1.93. The predicted octanol–water partition coefficient (Wildman–Crippen LogP) is 1.40. The summed E-state index contributed by atoms with van der Waals surface area (Å²) in [6.07, 6.45) is -0.789. The van der Waals surface area contributed by atoms with E-state index in [1.54, 1.807) is 0 Å². The lowest BCUT2D eigenvalue weighted by Crippen LogP contribution is -2.10. The van der Waals surface area contributed by atoms with Gasteiger partial charge in [-0.15, -0.1) is 0 Å². The van der Waals surface area contributed by atoms with Gasteiger partial charge in [-0.05, 0) is 6.92 Å². The molecule has 1 aliphatic rings. The van der Waals surface area contributed by atoms with Crippen molar-refractivity contribution in [2.75, 3.05) is 0 Å². The van der Waals surface area contributed by atoms with E-state index in [4.69, 9.17) is 0 Å². The second-order valence-electron chi connectivity index (χ2n) is 3.04. The average molecular weight is 176 g/mol.